The number of unbranched alkanes of at least 4 members (excludes halogenated alkanes) is 1. The van der Waals surface area contributed by atoms with E-state index in [4.69, 9.17) is 16.3 Å². The molecule has 0 radical (unpaired) electrons. The molecule has 1 fully saturated rings. The highest BCUT2D eigenvalue weighted by atomic mass is 35.5. The van der Waals surface area contributed by atoms with E-state index >= 15 is 0 Å². The molecule has 2 aromatic rings. The fourth-order valence-electron chi connectivity index (χ4n) is 3.64. The summed E-state index contributed by atoms with van der Waals surface area (Å²) < 4.78 is 45.6. The molecule has 1 aromatic heterocycles. The second kappa shape index (κ2) is 10.5. The summed E-state index contributed by atoms with van der Waals surface area (Å²) in [4.78, 5) is 17.0. The van der Waals surface area contributed by atoms with Crippen LogP contribution >= 0.6 is 11.6 Å². The maximum absolute atomic E-state index is 13.3. The van der Waals surface area contributed by atoms with Crippen molar-refractivity contribution in [2.24, 2.45) is 0 Å². The van der Waals surface area contributed by atoms with E-state index in [2.05, 4.69) is 10.3 Å². The van der Waals surface area contributed by atoms with Crippen LogP contribution in [0.5, 0.6) is 5.88 Å². The molecule has 1 aliphatic rings. The van der Waals surface area contributed by atoms with Crippen LogP contribution in [0.4, 0.5) is 13.2 Å². The SMILES string of the molecule is CCCCOc1ncc(C(=O)N[C@@H]2CCCC[C@H]2O)cc1-c1cc(C(F)(F)F)ccc1Cl. The summed E-state index contributed by atoms with van der Waals surface area (Å²) in [6, 6.07) is 4.05. The summed E-state index contributed by atoms with van der Waals surface area (Å²) in [6.07, 6.45) is 0.799. The number of halogens is 4. The molecule has 0 spiro atoms. The molecule has 5 nitrogen and oxygen atoms in total. The van der Waals surface area contributed by atoms with Crippen molar-refractivity contribution in [3.05, 3.63) is 46.6 Å². The van der Waals surface area contributed by atoms with Crippen LogP contribution in [0.15, 0.2) is 30.5 Å². The number of aliphatic hydroxyl groups is 1. The van der Waals surface area contributed by atoms with Crippen molar-refractivity contribution in [2.45, 2.75) is 63.8 Å². The summed E-state index contributed by atoms with van der Waals surface area (Å²) in [5.74, 6) is -0.359. The molecule has 1 aromatic carbocycles. The third-order valence-electron chi connectivity index (χ3n) is 5.48. The normalized spacial score (nSPS) is 18.9. The molecule has 0 saturated heterocycles. The lowest BCUT2D eigenvalue weighted by atomic mass is 9.92. The van der Waals surface area contributed by atoms with Gasteiger partial charge in [-0.2, -0.15) is 13.2 Å². The van der Waals surface area contributed by atoms with Crippen LogP contribution in [0.3, 0.4) is 0 Å². The first-order chi connectivity index (χ1) is 15.2. The summed E-state index contributed by atoms with van der Waals surface area (Å²) in [6.45, 7) is 2.31. The van der Waals surface area contributed by atoms with Crippen molar-refractivity contribution in [2.75, 3.05) is 6.61 Å². The lowest BCUT2D eigenvalue weighted by molar-refractivity contribution is -0.137. The van der Waals surface area contributed by atoms with Crippen molar-refractivity contribution >= 4 is 17.5 Å². The molecule has 3 rings (SSSR count). The van der Waals surface area contributed by atoms with Gasteiger partial charge in [0.2, 0.25) is 5.88 Å². The van der Waals surface area contributed by atoms with Gasteiger partial charge in [-0.15, -0.1) is 0 Å². The molecule has 2 N–H and O–H groups in total. The predicted molar refractivity (Wildman–Crippen MR) is 116 cm³/mol. The van der Waals surface area contributed by atoms with E-state index in [1.165, 1.54) is 18.3 Å². The third-order valence-corrected chi connectivity index (χ3v) is 5.81. The van der Waals surface area contributed by atoms with E-state index in [9.17, 15) is 23.1 Å². The number of aliphatic hydroxyl groups excluding tert-OH is 1. The molecule has 0 bridgehead atoms. The highest BCUT2D eigenvalue weighted by Gasteiger charge is 2.32. The molecule has 9 heteroatoms. The molecule has 0 unspecified atom stereocenters. The number of carbonyl (C=O) groups excluding carboxylic acids is 1. The molecule has 2 atom stereocenters. The predicted octanol–water partition coefficient (Wildman–Crippen LogP) is 5.63. The van der Waals surface area contributed by atoms with Gasteiger partial charge in [0.1, 0.15) is 0 Å². The number of pyridine rings is 1. The van der Waals surface area contributed by atoms with Crippen LogP contribution in [0.25, 0.3) is 11.1 Å². The van der Waals surface area contributed by atoms with Gasteiger partial charge in [-0.05, 0) is 43.5 Å². The van der Waals surface area contributed by atoms with Crippen molar-refractivity contribution in [1.82, 2.24) is 10.3 Å². The van der Waals surface area contributed by atoms with Crippen LogP contribution in [0.2, 0.25) is 5.02 Å². The van der Waals surface area contributed by atoms with E-state index in [-0.39, 0.29) is 33.6 Å². The number of alkyl halides is 3. The topological polar surface area (TPSA) is 71.5 Å². The van der Waals surface area contributed by atoms with Gasteiger partial charge in [-0.3, -0.25) is 4.79 Å². The van der Waals surface area contributed by atoms with Gasteiger partial charge >= 0.3 is 6.18 Å². The smallest absolute Gasteiger partial charge is 0.416 e. The van der Waals surface area contributed by atoms with E-state index in [0.29, 0.717) is 19.4 Å². The zero-order chi connectivity index (χ0) is 23.3. The third kappa shape index (κ3) is 5.92. The van der Waals surface area contributed by atoms with E-state index in [1.54, 1.807) is 0 Å². The summed E-state index contributed by atoms with van der Waals surface area (Å²) in [7, 11) is 0. The Kier molecular flexibility index (Phi) is 8.00. The average molecular weight is 471 g/mol. The molecule has 32 heavy (non-hydrogen) atoms. The minimum Gasteiger partial charge on any atom is -0.477 e. The quantitative estimate of drug-likeness (QED) is 0.514. The maximum atomic E-state index is 13.3. The fourth-order valence-corrected chi connectivity index (χ4v) is 3.86. The second-order valence-electron chi connectivity index (χ2n) is 7.90. The van der Waals surface area contributed by atoms with Gasteiger partial charge in [-0.1, -0.05) is 37.8 Å². The minimum atomic E-state index is -4.55. The van der Waals surface area contributed by atoms with Gasteiger partial charge in [0.25, 0.3) is 5.91 Å². The Hall–Kier alpha value is -2.32. The first-order valence-electron chi connectivity index (χ1n) is 10.7. The molecule has 1 saturated carbocycles. The number of ether oxygens (including phenoxy) is 1. The van der Waals surface area contributed by atoms with Crippen LogP contribution in [-0.2, 0) is 6.18 Å². The van der Waals surface area contributed by atoms with Gasteiger partial charge in [0, 0.05) is 22.3 Å². The number of aromatic nitrogens is 1. The lowest BCUT2D eigenvalue weighted by Gasteiger charge is -2.28. The van der Waals surface area contributed by atoms with Crippen molar-refractivity contribution < 1.29 is 27.8 Å². The zero-order valence-corrected chi connectivity index (χ0v) is 18.5. The minimum absolute atomic E-state index is 0.0767. The van der Waals surface area contributed by atoms with Crippen molar-refractivity contribution in [1.29, 1.82) is 0 Å². The first kappa shape index (κ1) is 24.3. The van der Waals surface area contributed by atoms with Crippen LogP contribution in [-0.4, -0.2) is 34.8 Å². The van der Waals surface area contributed by atoms with Crippen LogP contribution < -0.4 is 10.1 Å². The standard InChI is InChI=1S/C23H26ClF3N2O3/c1-2-3-10-32-22-17(16-12-15(23(25,26)27)8-9-18(16)24)11-14(13-28-22)21(31)29-19-6-4-5-7-20(19)30/h8-9,11-13,19-20,30H,2-7,10H2,1H3,(H,29,31)/t19-,20-/m1/s1. The van der Waals surface area contributed by atoms with Crippen LogP contribution in [0, 0.1) is 0 Å². The molecule has 1 aliphatic carbocycles. The summed E-state index contributed by atoms with van der Waals surface area (Å²) >= 11 is 6.24. The first-order valence-corrected chi connectivity index (χ1v) is 11.1. The number of amides is 1. The Morgan fingerprint density at radius 2 is 2.00 bits per heavy atom. The Labute approximate surface area is 190 Å². The average Bonchev–Trinajstić information content (AvgIpc) is 2.75. The molecule has 1 heterocycles. The van der Waals surface area contributed by atoms with E-state index in [1.807, 2.05) is 6.92 Å². The Morgan fingerprint density at radius 3 is 2.69 bits per heavy atom. The highest BCUT2D eigenvalue weighted by Crippen LogP contribution is 2.39. The Bertz CT molecular complexity index is 953. The van der Waals surface area contributed by atoms with Gasteiger partial charge < -0.3 is 15.2 Å². The number of hydrogen-bond donors (Lipinski definition) is 2. The largest absolute Gasteiger partial charge is 0.477 e. The number of carbonyl (C=O) groups is 1. The van der Waals surface area contributed by atoms with Gasteiger partial charge in [0.05, 0.1) is 29.9 Å². The van der Waals surface area contributed by atoms with Crippen molar-refractivity contribution in [3.8, 4) is 17.0 Å². The Balaban J connectivity index is 1.98. The second-order valence-corrected chi connectivity index (χ2v) is 8.31. The zero-order valence-electron chi connectivity index (χ0n) is 17.7. The molecule has 1 amide bonds. The number of nitrogens with zero attached hydrogens (tertiary/aromatic N) is 1. The molecule has 174 valence electrons. The van der Waals surface area contributed by atoms with Gasteiger partial charge in [-0.25, -0.2) is 4.98 Å². The molecule has 0 aliphatic heterocycles. The highest BCUT2D eigenvalue weighted by molar-refractivity contribution is 6.33. The fraction of sp³-hybridized carbons (Fsp3) is 0.478. The number of hydrogen-bond acceptors (Lipinski definition) is 4. The lowest BCUT2D eigenvalue weighted by Crippen LogP contribution is -2.45. The number of benzene rings is 1. The van der Waals surface area contributed by atoms with E-state index < -0.39 is 23.8 Å². The Morgan fingerprint density at radius 1 is 1.25 bits per heavy atom. The maximum Gasteiger partial charge on any atom is 0.416 e. The van der Waals surface area contributed by atoms with Gasteiger partial charge in [0.15, 0.2) is 0 Å². The summed E-state index contributed by atoms with van der Waals surface area (Å²) in [5.41, 5.74) is -0.437. The number of nitrogens with one attached hydrogen (secondary N) is 1. The summed E-state index contributed by atoms with van der Waals surface area (Å²) in [5, 5.41) is 13.0. The van der Waals surface area contributed by atoms with E-state index in [0.717, 1.165) is 37.8 Å². The molecular weight excluding hydrogens is 445 g/mol. The monoisotopic (exact) mass is 470 g/mol. The van der Waals surface area contributed by atoms with Crippen molar-refractivity contribution in [3.63, 3.8) is 0 Å². The van der Waals surface area contributed by atoms with Crippen LogP contribution in [0.1, 0.15) is 61.4 Å². The molecular formula is C23H26ClF3N2O3. The number of rotatable bonds is 7.